The lowest BCUT2D eigenvalue weighted by Crippen LogP contribution is -2.54. The molecule has 1 aliphatic heterocycles. The molecule has 29 heavy (non-hydrogen) atoms. The molecule has 1 saturated heterocycles. The van der Waals surface area contributed by atoms with Crippen molar-refractivity contribution in [3.05, 3.63) is 59.5 Å². The molecule has 0 unspecified atom stereocenters. The number of benzene rings is 1. The molecule has 0 saturated carbocycles. The second-order valence-electron chi connectivity index (χ2n) is 7.20. The molecule has 7 nitrogen and oxygen atoms in total. The minimum atomic E-state index is -0.765. The number of piperidine rings is 1. The molecule has 154 valence electrons. The molecule has 0 radical (unpaired) electrons. The number of carbonyl (C=O) groups excluding carboxylic acids is 2. The van der Waals surface area contributed by atoms with Crippen molar-refractivity contribution in [2.24, 2.45) is 0 Å². The molecular formula is C21H26FN5O2. The van der Waals surface area contributed by atoms with Crippen molar-refractivity contribution in [3.8, 4) is 0 Å². The highest BCUT2D eigenvalue weighted by Gasteiger charge is 2.26. The number of amides is 2. The van der Waals surface area contributed by atoms with Gasteiger partial charge in [-0.25, -0.2) is 9.37 Å². The number of nitrogens with two attached hydrogens (primary N) is 1. The molecule has 1 aliphatic rings. The summed E-state index contributed by atoms with van der Waals surface area (Å²) in [5.41, 5.74) is 7.14. The third kappa shape index (κ3) is 6.25. The monoisotopic (exact) mass is 399 g/mol. The van der Waals surface area contributed by atoms with Gasteiger partial charge in [0.25, 0.3) is 0 Å². The molecule has 5 N–H and O–H groups in total. The summed E-state index contributed by atoms with van der Waals surface area (Å²) in [6.45, 7) is 1.06. The van der Waals surface area contributed by atoms with Crippen molar-refractivity contribution in [2.45, 2.75) is 44.3 Å². The first-order valence-corrected chi connectivity index (χ1v) is 9.77. The number of rotatable bonds is 7. The van der Waals surface area contributed by atoms with Crippen LogP contribution in [0.3, 0.4) is 0 Å². The highest BCUT2D eigenvalue weighted by Crippen LogP contribution is 2.10. The normalized spacial score (nSPS) is 17.3. The van der Waals surface area contributed by atoms with Gasteiger partial charge < -0.3 is 21.7 Å². The lowest BCUT2D eigenvalue weighted by atomic mass is 10.0. The highest BCUT2D eigenvalue weighted by atomic mass is 19.1. The van der Waals surface area contributed by atoms with E-state index in [1.54, 1.807) is 30.5 Å². The summed E-state index contributed by atoms with van der Waals surface area (Å²) >= 11 is 0. The Hall–Kier alpha value is -3.00. The number of hydrogen-bond acceptors (Lipinski definition) is 5. The summed E-state index contributed by atoms with van der Waals surface area (Å²) in [7, 11) is 0. The van der Waals surface area contributed by atoms with Crippen LogP contribution in [-0.2, 0) is 22.6 Å². The van der Waals surface area contributed by atoms with Gasteiger partial charge in [0.15, 0.2) is 0 Å². The van der Waals surface area contributed by atoms with E-state index >= 15 is 0 Å². The minimum Gasteiger partial charge on any atom is -0.384 e. The Labute approximate surface area is 169 Å². The molecule has 2 atom stereocenters. The van der Waals surface area contributed by atoms with E-state index in [4.69, 9.17) is 5.73 Å². The Kier molecular flexibility index (Phi) is 7.13. The predicted octanol–water partition coefficient (Wildman–Crippen LogP) is 1.29. The predicted molar refractivity (Wildman–Crippen MR) is 108 cm³/mol. The Balaban J connectivity index is 1.66. The van der Waals surface area contributed by atoms with Gasteiger partial charge in [0, 0.05) is 19.2 Å². The molecule has 1 aromatic carbocycles. The average Bonchev–Trinajstić information content (AvgIpc) is 2.74. The Morgan fingerprint density at radius 1 is 1.17 bits per heavy atom. The molecule has 8 heteroatoms. The van der Waals surface area contributed by atoms with Gasteiger partial charge in [-0.15, -0.1) is 0 Å². The molecular weight excluding hydrogens is 373 g/mol. The molecule has 0 aliphatic carbocycles. The van der Waals surface area contributed by atoms with Crippen LogP contribution in [0.5, 0.6) is 0 Å². The van der Waals surface area contributed by atoms with Crippen LogP contribution in [0.1, 0.15) is 30.4 Å². The second kappa shape index (κ2) is 9.97. The van der Waals surface area contributed by atoms with E-state index in [2.05, 4.69) is 20.9 Å². The topological polar surface area (TPSA) is 109 Å². The lowest BCUT2D eigenvalue weighted by molar-refractivity contribution is -0.130. The van der Waals surface area contributed by atoms with E-state index in [1.807, 2.05) is 0 Å². The summed E-state index contributed by atoms with van der Waals surface area (Å²) in [5, 5.41) is 8.87. The third-order valence-corrected chi connectivity index (χ3v) is 4.93. The van der Waals surface area contributed by atoms with Crippen LogP contribution in [0.4, 0.5) is 10.2 Å². The number of anilines is 1. The van der Waals surface area contributed by atoms with E-state index in [1.165, 1.54) is 12.1 Å². The van der Waals surface area contributed by atoms with Gasteiger partial charge in [0.2, 0.25) is 11.8 Å². The zero-order chi connectivity index (χ0) is 20.6. The van der Waals surface area contributed by atoms with Crippen LogP contribution >= 0.6 is 0 Å². The summed E-state index contributed by atoms with van der Waals surface area (Å²) in [4.78, 5) is 29.4. The van der Waals surface area contributed by atoms with E-state index in [0.717, 1.165) is 36.9 Å². The van der Waals surface area contributed by atoms with E-state index in [9.17, 15) is 14.0 Å². The zero-order valence-corrected chi connectivity index (χ0v) is 16.2. The average molecular weight is 399 g/mol. The number of nitrogen functional groups attached to an aromatic ring is 1. The van der Waals surface area contributed by atoms with Crippen molar-refractivity contribution >= 4 is 17.6 Å². The SMILES string of the molecule is Nc1ccc(CNC(=O)[C@H](Cc2ccc(F)cc2)NC(=O)[C@H]2CCCCN2)cn1. The second-order valence-corrected chi connectivity index (χ2v) is 7.20. The van der Waals surface area contributed by atoms with Crippen molar-refractivity contribution in [1.82, 2.24) is 20.9 Å². The maximum atomic E-state index is 13.2. The minimum absolute atomic E-state index is 0.193. The van der Waals surface area contributed by atoms with Gasteiger partial charge in [-0.2, -0.15) is 0 Å². The Morgan fingerprint density at radius 3 is 2.59 bits per heavy atom. The first-order valence-electron chi connectivity index (χ1n) is 9.77. The summed E-state index contributed by atoms with van der Waals surface area (Å²) < 4.78 is 13.2. The maximum absolute atomic E-state index is 13.2. The highest BCUT2D eigenvalue weighted by molar-refractivity contribution is 5.90. The number of nitrogens with zero attached hydrogens (tertiary/aromatic N) is 1. The smallest absolute Gasteiger partial charge is 0.243 e. The van der Waals surface area contributed by atoms with Crippen LogP contribution in [-0.4, -0.2) is 35.4 Å². The van der Waals surface area contributed by atoms with Crippen LogP contribution in [0.15, 0.2) is 42.6 Å². The lowest BCUT2D eigenvalue weighted by Gasteiger charge is -2.25. The fourth-order valence-corrected chi connectivity index (χ4v) is 3.27. The first kappa shape index (κ1) is 20.7. The third-order valence-electron chi connectivity index (χ3n) is 4.93. The van der Waals surface area contributed by atoms with Gasteiger partial charge in [0.05, 0.1) is 6.04 Å². The summed E-state index contributed by atoms with van der Waals surface area (Å²) in [6, 6.07) is 8.29. The standard InChI is InChI=1S/C21H26FN5O2/c22-16-7-4-14(5-8-16)11-18(27-21(29)17-3-1-2-10-24-17)20(28)26-13-15-6-9-19(23)25-12-15/h4-9,12,17-18,24H,1-3,10-11,13H2,(H2,23,25)(H,26,28)(H,27,29)/t17-,18+/m1/s1. The summed E-state index contributed by atoms with van der Waals surface area (Å²) in [6.07, 6.45) is 4.62. The van der Waals surface area contributed by atoms with Gasteiger partial charge in [-0.05, 0) is 48.7 Å². The number of nitrogens with one attached hydrogen (secondary N) is 3. The van der Waals surface area contributed by atoms with Crippen molar-refractivity contribution in [2.75, 3.05) is 12.3 Å². The number of aromatic nitrogens is 1. The van der Waals surface area contributed by atoms with Gasteiger partial charge in [0.1, 0.15) is 17.7 Å². The number of halogens is 1. The Bertz CT molecular complexity index is 820. The molecule has 3 rings (SSSR count). The number of hydrogen-bond donors (Lipinski definition) is 4. The molecule has 2 aromatic rings. The first-order chi connectivity index (χ1) is 14.0. The quantitative estimate of drug-likeness (QED) is 0.561. The fraction of sp³-hybridized carbons (Fsp3) is 0.381. The molecule has 2 amide bonds. The van der Waals surface area contributed by atoms with Gasteiger partial charge >= 0.3 is 0 Å². The zero-order valence-electron chi connectivity index (χ0n) is 16.2. The van der Waals surface area contributed by atoms with Gasteiger partial charge in [-0.3, -0.25) is 9.59 Å². The van der Waals surface area contributed by atoms with E-state index < -0.39 is 6.04 Å². The van der Waals surface area contributed by atoms with E-state index in [0.29, 0.717) is 5.82 Å². The molecule has 1 fully saturated rings. The van der Waals surface area contributed by atoms with Gasteiger partial charge in [-0.1, -0.05) is 24.6 Å². The number of pyridine rings is 1. The summed E-state index contributed by atoms with van der Waals surface area (Å²) in [5.74, 6) is -0.445. The molecule has 2 heterocycles. The van der Waals surface area contributed by atoms with Crippen LogP contribution in [0.25, 0.3) is 0 Å². The van der Waals surface area contributed by atoms with Crippen LogP contribution < -0.4 is 21.7 Å². The Morgan fingerprint density at radius 2 is 1.93 bits per heavy atom. The van der Waals surface area contributed by atoms with Crippen molar-refractivity contribution in [3.63, 3.8) is 0 Å². The van der Waals surface area contributed by atoms with Crippen LogP contribution in [0, 0.1) is 5.82 Å². The maximum Gasteiger partial charge on any atom is 0.243 e. The molecule has 0 bridgehead atoms. The number of carbonyl (C=O) groups is 2. The largest absolute Gasteiger partial charge is 0.384 e. The van der Waals surface area contributed by atoms with Crippen LogP contribution in [0.2, 0.25) is 0 Å². The van der Waals surface area contributed by atoms with Crippen molar-refractivity contribution in [1.29, 1.82) is 0 Å². The van der Waals surface area contributed by atoms with Crippen molar-refractivity contribution < 1.29 is 14.0 Å². The fourth-order valence-electron chi connectivity index (χ4n) is 3.27. The molecule has 0 spiro atoms. The molecule has 1 aromatic heterocycles. The van der Waals surface area contributed by atoms with E-state index in [-0.39, 0.29) is 36.6 Å².